The minimum atomic E-state index is -3.56. The molecular weight excluding hydrogens is 391 g/mol. The molecule has 0 fully saturated rings. The summed E-state index contributed by atoms with van der Waals surface area (Å²) in [5, 5.41) is 3.05. The maximum Gasteiger partial charge on any atom is 0.251 e. The van der Waals surface area contributed by atoms with E-state index >= 15 is 0 Å². The Labute approximate surface area is 173 Å². The van der Waals surface area contributed by atoms with Crippen molar-refractivity contribution in [2.75, 3.05) is 10.6 Å². The van der Waals surface area contributed by atoms with Gasteiger partial charge in [0.2, 0.25) is 10.0 Å². The van der Waals surface area contributed by atoms with Gasteiger partial charge in [0.1, 0.15) is 5.82 Å². The maximum absolute atomic E-state index is 13.1. The molecule has 0 saturated carbocycles. The first-order valence-corrected chi connectivity index (χ1v) is 11.5. The Kier molecular flexibility index (Phi) is 7.41. The number of hydrogen-bond acceptors (Lipinski definition) is 3. The average Bonchev–Trinajstić information content (AvgIpc) is 2.64. The molecule has 0 aliphatic heterocycles. The summed E-state index contributed by atoms with van der Waals surface area (Å²) in [5.41, 5.74) is 1.57. The van der Waals surface area contributed by atoms with E-state index < -0.39 is 10.0 Å². The van der Waals surface area contributed by atoms with Gasteiger partial charge in [0, 0.05) is 11.6 Å². The third kappa shape index (κ3) is 6.29. The summed E-state index contributed by atoms with van der Waals surface area (Å²) in [6.07, 6.45) is 1.12. The topological polar surface area (TPSA) is 66.5 Å². The van der Waals surface area contributed by atoms with Crippen LogP contribution >= 0.6 is 0 Å². The molecule has 0 bridgehead atoms. The van der Waals surface area contributed by atoms with Crippen molar-refractivity contribution >= 4 is 21.6 Å². The first-order valence-electron chi connectivity index (χ1n) is 9.62. The van der Waals surface area contributed by atoms with Crippen LogP contribution in [0.1, 0.15) is 43.6 Å². The van der Waals surface area contributed by atoms with Gasteiger partial charge in [-0.1, -0.05) is 39.8 Å². The Morgan fingerprint density at radius 2 is 1.48 bits per heavy atom. The first kappa shape index (κ1) is 22.9. The van der Waals surface area contributed by atoms with Crippen LogP contribution in [0.5, 0.6) is 0 Å². The van der Waals surface area contributed by atoms with E-state index in [9.17, 15) is 17.6 Å². The van der Waals surface area contributed by atoms with Gasteiger partial charge < -0.3 is 5.32 Å². The number of carbonyl (C=O) groups is 1. The largest absolute Gasteiger partial charge is 0.349 e. The zero-order valence-corrected chi connectivity index (χ0v) is 18.3. The van der Waals surface area contributed by atoms with Gasteiger partial charge in [-0.2, -0.15) is 0 Å². The van der Waals surface area contributed by atoms with E-state index in [2.05, 4.69) is 33.0 Å². The lowest BCUT2D eigenvalue weighted by Gasteiger charge is -2.26. The number of hydrogen-bond donors (Lipinski definition) is 1. The van der Waals surface area contributed by atoms with Gasteiger partial charge in [-0.05, 0) is 53.8 Å². The molecule has 1 amide bonds. The molecule has 29 heavy (non-hydrogen) atoms. The van der Waals surface area contributed by atoms with Crippen LogP contribution in [0.4, 0.5) is 10.1 Å². The second-order valence-electron chi connectivity index (χ2n) is 7.93. The van der Waals surface area contributed by atoms with Gasteiger partial charge in [-0.3, -0.25) is 9.10 Å². The molecule has 0 aliphatic rings. The number of nitrogens with zero attached hydrogens (tertiary/aromatic N) is 1. The molecule has 5 nitrogen and oxygen atoms in total. The normalized spacial score (nSPS) is 11.9. The van der Waals surface area contributed by atoms with Crippen LogP contribution in [0.15, 0.2) is 48.5 Å². The SMILES string of the molecule is CC(C)C(NC(=O)c1ccc(N(Cc2ccc(F)cc2)S(C)(=O)=O)cc1)C(C)C. The number of halogens is 1. The molecule has 158 valence electrons. The van der Waals surface area contributed by atoms with E-state index in [0.29, 0.717) is 28.7 Å². The van der Waals surface area contributed by atoms with Crippen molar-refractivity contribution in [3.63, 3.8) is 0 Å². The summed E-state index contributed by atoms with van der Waals surface area (Å²) in [4.78, 5) is 12.6. The van der Waals surface area contributed by atoms with Crippen molar-refractivity contribution in [1.29, 1.82) is 0 Å². The third-order valence-corrected chi connectivity index (χ3v) is 5.93. The van der Waals surface area contributed by atoms with Crippen LogP contribution in [0.3, 0.4) is 0 Å². The van der Waals surface area contributed by atoms with E-state index in [4.69, 9.17) is 0 Å². The number of rotatable bonds is 8. The molecule has 0 aromatic heterocycles. The molecule has 0 aliphatic carbocycles. The zero-order valence-electron chi connectivity index (χ0n) is 17.5. The lowest BCUT2D eigenvalue weighted by atomic mass is 9.93. The smallest absolute Gasteiger partial charge is 0.251 e. The zero-order chi connectivity index (χ0) is 21.8. The van der Waals surface area contributed by atoms with E-state index in [1.54, 1.807) is 36.4 Å². The monoisotopic (exact) mass is 420 g/mol. The lowest BCUT2D eigenvalue weighted by Crippen LogP contribution is -2.42. The fourth-order valence-corrected chi connectivity index (χ4v) is 4.16. The highest BCUT2D eigenvalue weighted by Crippen LogP contribution is 2.22. The molecule has 0 atom stereocenters. The Morgan fingerprint density at radius 3 is 1.93 bits per heavy atom. The van der Waals surface area contributed by atoms with Gasteiger partial charge in [0.25, 0.3) is 5.91 Å². The molecule has 7 heteroatoms. The van der Waals surface area contributed by atoms with Crippen molar-refractivity contribution in [2.24, 2.45) is 11.8 Å². The summed E-state index contributed by atoms with van der Waals surface area (Å²) < 4.78 is 38.9. The van der Waals surface area contributed by atoms with Crippen LogP contribution in [-0.4, -0.2) is 26.6 Å². The number of sulfonamides is 1. The highest BCUT2D eigenvalue weighted by molar-refractivity contribution is 7.92. The standard InChI is InChI=1S/C22H29FN2O3S/c1-15(2)21(16(3)4)24-22(26)18-8-12-20(13-9-18)25(29(5,27)28)14-17-6-10-19(23)11-7-17/h6-13,15-16,21H,14H2,1-5H3,(H,24,26). The van der Waals surface area contributed by atoms with E-state index in [-0.39, 0.29) is 24.3 Å². The highest BCUT2D eigenvalue weighted by atomic mass is 32.2. The molecule has 0 radical (unpaired) electrons. The van der Waals surface area contributed by atoms with Gasteiger partial charge in [-0.15, -0.1) is 0 Å². The van der Waals surface area contributed by atoms with Gasteiger partial charge in [0.05, 0.1) is 18.5 Å². The lowest BCUT2D eigenvalue weighted by molar-refractivity contribution is 0.0910. The van der Waals surface area contributed by atoms with Crippen molar-refractivity contribution in [2.45, 2.75) is 40.3 Å². The van der Waals surface area contributed by atoms with Crippen LogP contribution in [0.2, 0.25) is 0 Å². The van der Waals surface area contributed by atoms with Crippen LogP contribution in [-0.2, 0) is 16.6 Å². The second kappa shape index (κ2) is 9.39. The minimum Gasteiger partial charge on any atom is -0.349 e. The molecule has 0 saturated heterocycles. The van der Waals surface area contributed by atoms with E-state index in [1.807, 2.05) is 0 Å². The summed E-state index contributed by atoms with van der Waals surface area (Å²) in [6.45, 7) is 8.33. The van der Waals surface area contributed by atoms with Gasteiger partial charge >= 0.3 is 0 Å². The third-order valence-electron chi connectivity index (χ3n) is 4.79. The molecule has 2 rings (SSSR count). The predicted molar refractivity (Wildman–Crippen MR) is 115 cm³/mol. The minimum absolute atomic E-state index is 0.0492. The Bertz CT molecular complexity index is 916. The Hall–Kier alpha value is -2.41. The maximum atomic E-state index is 13.1. The summed E-state index contributed by atoms with van der Waals surface area (Å²) in [5.74, 6) is 0.0360. The van der Waals surface area contributed by atoms with Gasteiger partial charge in [-0.25, -0.2) is 12.8 Å². The number of amides is 1. The number of anilines is 1. The first-order chi connectivity index (χ1) is 13.5. The summed E-state index contributed by atoms with van der Waals surface area (Å²) in [6, 6.07) is 12.2. The van der Waals surface area contributed by atoms with Crippen LogP contribution in [0.25, 0.3) is 0 Å². The summed E-state index contributed by atoms with van der Waals surface area (Å²) >= 11 is 0. The second-order valence-corrected chi connectivity index (χ2v) is 9.84. The molecule has 1 N–H and O–H groups in total. The molecule has 2 aromatic rings. The van der Waals surface area contributed by atoms with Crippen molar-refractivity contribution in [3.8, 4) is 0 Å². The molecule has 0 spiro atoms. The van der Waals surface area contributed by atoms with Crippen LogP contribution in [0, 0.1) is 17.7 Å². The summed E-state index contributed by atoms with van der Waals surface area (Å²) in [7, 11) is -3.56. The predicted octanol–water partition coefficient (Wildman–Crippen LogP) is 4.20. The van der Waals surface area contributed by atoms with Crippen molar-refractivity contribution in [1.82, 2.24) is 5.32 Å². The fraction of sp³-hybridized carbons (Fsp3) is 0.409. The molecule has 0 unspecified atom stereocenters. The molecule has 2 aromatic carbocycles. The Balaban J connectivity index is 2.22. The molecule has 0 heterocycles. The van der Waals surface area contributed by atoms with E-state index in [0.717, 1.165) is 6.26 Å². The number of benzene rings is 2. The Morgan fingerprint density at radius 1 is 0.966 bits per heavy atom. The van der Waals surface area contributed by atoms with Crippen LogP contribution < -0.4 is 9.62 Å². The quantitative estimate of drug-likeness (QED) is 0.696. The average molecular weight is 421 g/mol. The number of carbonyl (C=O) groups excluding carboxylic acids is 1. The van der Waals surface area contributed by atoms with Crippen molar-refractivity contribution < 1.29 is 17.6 Å². The van der Waals surface area contributed by atoms with Gasteiger partial charge in [0.15, 0.2) is 0 Å². The van der Waals surface area contributed by atoms with Crippen molar-refractivity contribution in [3.05, 3.63) is 65.5 Å². The highest BCUT2D eigenvalue weighted by Gasteiger charge is 2.22. The number of nitrogens with one attached hydrogen (secondary N) is 1. The fourth-order valence-electron chi connectivity index (χ4n) is 3.27. The molecular formula is C22H29FN2O3S. The van der Waals surface area contributed by atoms with E-state index in [1.165, 1.54) is 16.4 Å².